The van der Waals surface area contributed by atoms with E-state index in [4.69, 9.17) is 0 Å². The Morgan fingerprint density at radius 1 is 1.10 bits per heavy atom. The Kier molecular flexibility index (Phi) is 7.33. The third kappa shape index (κ3) is 5.11. The SMILES string of the molecule is CCC[C@@H]1CCCCN1C(=O)N1CCCC(c2cccc(-n3ncc(C(=O)O)c3[C@@H]3C[C@H]3c3cn(C)nn3)c2)C1. The number of likely N-dealkylation sites (tertiary alicyclic amines) is 2. The van der Waals surface area contributed by atoms with Crippen molar-refractivity contribution in [1.29, 1.82) is 0 Å². The highest BCUT2D eigenvalue weighted by Crippen LogP contribution is 2.55. The summed E-state index contributed by atoms with van der Waals surface area (Å²) in [6.45, 7) is 4.58. The molecule has 6 rings (SSSR count). The summed E-state index contributed by atoms with van der Waals surface area (Å²) in [5.74, 6) is -0.576. The molecule has 3 aromatic rings. The third-order valence-electron chi connectivity index (χ3n) is 8.95. The quantitative estimate of drug-likeness (QED) is 0.451. The molecule has 1 aliphatic carbocycles. The number of aryl methyl sites for hydroxylation is 1. The first-order chi connectivity index (χ1) is 19.4. The van der Waals surface area contributed by atoms with Gasteiger partial charge in [-0.3, -0.25) is 4.68 Å². The molecule has 40 heavy (non-hydrogen) atoms. The summed E-state index contributed by atoms with van der Waals surface area (Å²) in [7, 11) is 1.84. The van der Waals surface area contributed by atoms with Crippen molar-refractivity contribution in [3.8, 4) is 5.69 Å². The Labute approximate surface area is 235 Å². The van der Waals surface area contributed by atoms with Crippen molar-refractivity contribution >= 4 is 12.0 Å². The Morgan fingerprint density at radius 3 is 2.75 bits per heavy atom. The predicted molar refractivity (Wildman–Crippen MR) is 150 cm³/mol. The molecule has 1 N–H and O–H groups in total. The largest absolute Gasteiger partial charge is 0.478 e. The van der Waals surface area contributed by atoms with Crippen LogP contribution in [0.2, 0.25) is 0 Å². The molecule has 212 valence electrons. The standard InChI is InChI=1S/C30H39N7O3/c1-3-8-22-11-4-5-14-36(22)30(40)35-13-7-10-21(18-35)20-9-6-12-23(15-20)37-28(26(17-31-37)29(38)39)25-16-24(25)27-19-34(2)33-32-27/h6,9,12,15,17,19,21-22,24-25H,3-5,7-8,10-11,13-14,16,18H2,1-2H3,(H,38,39)/t21?,22-,24-,25-/m1/s1. The topological polar surface area (TPSA) is 109 Å². The van der Waals surface area contributed by atoms with Crippen molar-refractivity contribution in [2.45, 2.75) is 82.1 Å². The van der Waals surface area contributed by atoms with E-state index in [0.717, 1.165) is 69.4 Å². The van der Waals surface area contributed by atoms with E-state index in [-0.39, 0.29) is 29.3 Å². The van der Waals surface area contributed by atoms with Crippen LogP contribution < -0.4 is 0 Å². The average molecular weight is 546 g/mol. The number of aromatic carboxylic acids is 1. The van der Waals surface area contributed by atoms with Gasteiger partial charge in [-0.25, -0.2) is 14.3 Å². The normalized spacial score (nSPS) is 24.8. The van der Waals surface area contributed by atoms with E-state index in [1.54, 1.807) is 9.36 Å². The summed E-state index contributed by atoms with van der Waals surface area (Å²) in [5, 5.41) is 22.8. The second kappa shape index (κ2) is 11.1. The molecule has 10 heteroatoms. The molecule has 3 aliphatic rings. The minimum atomic E-state index is -0.970. The number of urea groups is 1. The van der Waals surface area contributed by atoms with E-state index >= 15 is 0 Å². The molecule has 1 unspecified atom stereocenters. The van der Waals surface area contributed by atoms with Crippen molar-refractivity contribution in [3.05, 3.63) is 59.2 Å². The summed E-state index contributed by atoms with van der Waals surface area (Å²) in [5.41, 5.74) is 3.85. The maximum atomic E-state index is 13.6. The number of hydrogen-bond acceptors (Lipinski definition) is 5. The van der Waals surface area contributed by atoms with Crippen LogP contribution in [0, 0.1) is 0 Å². The lowest BCUT2D eigenvalue weighted by molar-refractivity contribution is 0.0695. The third-order valence-corrected chi connectivity index (χ3v) is 8.95. The summed E-state index contributed by atoms with van der Waals surface area (Å²) >= 11 is 0. The van der Waals surface area contributed by atoms with Crippen molar-refractivity contribution in [2.24, 2.45) is 7.05 Å². The Morgan fingerprint density at radius 2 is 1.98 bits per heavy atom. The zero-order valence-electron chi connectivity index (χ0n) is 23.4. The Hall–Kier alpha value is -3.69. The molecule has 0 bridgehead atoms. The van der Waals surface area contributed by atoms with Gasteiger partial charge < -0.3 is 14.9 Å². The van der Waals surface area contributed by atoms with Crippen LogP contribution in [0.1, 0.15) is 103 Å². The van der Waals surface area contributed by atoms with E-state index in [0.29, 0.717) is 18.3 Å². The number of benzene rings is 1. The van der Waals surface area contributed by atoms with E-state index in [1.165, 1.54) is 18.2 Å². The molecule has 4 heterocycles. The Bertz CT molecular complexity index is 1380. The lowest BCUT2D eigenvalue weighted by Gasteiger charge is -2.41. The van der Waals surface area contributed by atoms with Gasteiger partial charge in [-0.15, -0.1) is 5.10 Å². The molecule has 1 aromatic carbocycles. The summed E-state index contributed by atoms with van der Waals surface area (Å²) in [4.78, 5) is 29.9. The second-order valence-corrected chi connectivity index (χ2v) is 11.7. The zero-order chi connectivity index (χ0) is 27.8. The van der Waals surface area contributed by atoms with Gasteiger partial charge in [-0.05, 0) is 62.6 Å². The fraction of sp³-hybridized carbons (Fsp3) is 0.567. The molecule has 2 saturated heterocycles. The number of hydrogen-bond donors (Lipinski definition) is 1. The van der Waals surface area contributed by atoms with Gasteiger partial charge in [0.05, 0.1) is 23.3 Å². The van der Waals surface area contributed by atoms with Crippen LogP contribution in [0.3, 0.4) is 0 Å². The number of aromatic nitrogens is 5. The summed E-state index contributed by atoms with van der Waals surface area (Å²) < 4.78 is 3.47. The molecule has 10 nitrogen and oxygen atoms in total. The van der Waals surface area contributed by atoms with Gasteiger partial charge in [0.2, 0.25) is 0 Å². The van der Waals surface area contributed by atoms with Gasteiger partial charge in [0, 0.05) is 56.7 Å². The van der Waals surface area contributed by atoms with Crippen LogP contribution in [0.4, 0.5) is 4.79 Å². The fourth-order valence-electron chi connectivity index (χ4n) is 6.85. The van der Waals surface area contributed by atoms with Gasteiger partial charge in [-0.2, -0.15) is 5.10 Å². The maximum Gasteiger partial charge on any atom is 0.339 e. The average Bonchev–Trinajstić information content (AvgIpc) is 3.41. The van der Waals surface area contributed by atoms with Crippen LogP contribution in [-0.2, 0) is 7.05 Å². The molecule has 0 spiro atoms. The van der Waals surface area contributed by atoms with E-state index in [9.17, 15) is 14.7 Å². The second-order valence-electron chi connectivity index (χ2n) is 11.7. The van der Waals surface area contributed by atoms with Gasteiger partial charge >= 0.3 is 12.0 Å². The van der Waals surface area contributed by atoms with Crippen molar-refractivity contribution in [3.63, 3.8) is 0 Å². The predicted octanol–water partition coefficient (Wildman–Crippen LogP) is 4.92. The highest BCUT2D eigenvalue weighted by atomic mass is 16.4. The Balaban J connectivity index is 1.23. The highest BCUT2D eigenvalue weighted by molar-refractivity contribution is 5.89. The lowest BCUT2D eigenvalue weighted by atomic mass is 9.90. The molecule has 1 saturated carbocycles. The number of amides is 2. The molecule has 2 aromatic heterocycles. The molecule has 0 radical (unpaired) electrons. The van der Waals surface area contributed by atoms with Gasteiger partial charge in [0.25, 0.3) is 0 Å². The first-order valence-electron chi connectivity index (χ1n) is 14.8. The molecular formula is C30H39N7O3. The van der Waals surface area contributed by atoms with Crippen molar-refractivity contribution in [2.75, 3.05) is 19.6 Å². The van der Waals surface area contributed by atoms with E-state index in [1.807, 2.05) is 25.4 Å². The first kappa shape index (κ1) is 26.5. The van der Waals surface area contributed by atoms with Crippen molar-refractivity contribution in [1.82, 2.24) is 34.6 Å². The minimum absolute atomic E-state index is 0.0253. The maximum absolute atomic E-state index is 13.6. The number of carbonyl (C=O) groups excluding carboxylic acids is 1. The highest BCUT2D eigenvalue weighted by Gasteiger charge is 2.46. The van der Waals surface area contributed by atoms with Crippen LogP contribution in [0.15, 0.2) is 36.7 Å². The van der Waals surface area contributed by atoms with Gasteiger partial charge in [0.1, 0.15) is 5.56 Å². The number of carbonyl (C=O) groups is 2. The minimum Gasteiger partial charge on any atom is -0.478 e. The monoisotopic (exact) mass is 545 g/mol. The molecule has 4 atom stereocenters. The van der Waals surface area contributed by atoms with Crippen LogP contribution >= 0.6 is 0 Å². The summed E-state index contributed by atoms with van der Waals surface area (Å²) in [6, 6.07) is 8.82. The lowest BCUT2D eigenvalue weighted by Crippen LogP contribution is -2.52. The number of carboxylic acid groups (broad SMARTS) is 1. The molecule has 3 fully saturated rings. The van der Waals surface area contributed by atoms with Crippen LogP contribution in [-0.4, -0.2) is 77.4 Å². The van der Waals surface area contributed by atoms with Gasteiger partial charge in [0.15, 0.2) is 0 Å². The molecular weight excluding hydrogens is 506 g/mol. The summed E-state index contributed by atoms with van der Waals surface area (Å²) in [6.07, 6.45) is 11.8. The van der Waals surface area contributed by atoms with E-state index in [2.05, 4.69) is 44.3 Å². The molecule has 2 aliphatic heterocycles. The fourth-order valence-corrected chi connectivity index (χ4v) is 6.85. The van der Waals surface area contributed by atoms with E-state index < -0.39 is 5.97 Å². The van der Waals surface area contributed by atoms with Gasteiger partial charge in [-0.1, -0.05) is 30.7 Å². The number of piperidine rings is 2. The van der Waals surface area contributed by atoms with Crippen molar-refractivity contribution < 1.29 is 14.7 Å². The van der Waals surface area contributed by atoms with Crippen LogP contribution in [0.5, 0.6) is 0 Å². The first-order valence-corrected chi connectivity index (χ1v) is 14.8. The number of nitrogens with zero attached hydrogens (tertiary/aromatic N) is 7. The number of carboxylic acids is 1. The molecule has 2 amide bonds. The van der Waals surface area contributed by atoms with Crippen LogP contribution in [0.25, 0.3) is 5.69 Å². The smallest absolute Gasteiger partial charge is 0.339 e. The zero-order valence-corrected chi connectivity index (χ0v) is 23.4. The number of rotatable bonds is 7.